The average Bonchev–Trinajstić information content (AvgIpc) is 2.84. The number of nitrogens with one attached hydrogen (secondary N) is 2. The lowest BCUT2D eigenvalue weighted by Gasteiger charge is -2.48. The number of carbonyl (C=O) groups is 6. The van der Waals surface area contributed by atoms with Crippen LogP contribution in [0, 0.1) is 0 Å². The Morgan fingerprint density at radius 2 is 1.64 bits per heavy atom. The highest BCUT2D eigenvalue weighted by atomic mass is 16.6. The van der Waals surface area contributed by atoms with Gasteiger partial charge in [-0.2, -0.15) is 0 Å². The summed E-state index contributed by atoms with van der Waals surface area (Å²) in [7, 11) is 0. The third kappa shape index (κ3) is 9.10. The molecule has 39 heavy (non-hydrogen) atoms. The molecule has 1 fully saturated rings. The van der Waals surface area contributed by atoms with E-state index in [2.05, 4.69) is 10.6 Å². The van der Waals surface area contributed by atoms with Crippen molar-refractivity contribution in [2.75, 3.05) is 6.61 Å². The lowest BCUT2D eigenvalue weighted by Crippen LogP contribution is -2.70. The highest BCUT2D eigenvalue weighted by molar-refractivity contribution is 5.91. The summed E-state index contributed by atoms with van der Waals surface area (Å²) in [5.74, 6) is -6.00. The van der Waals surface area contributed by atoms with Gasteiger partial charge in [-0.25, -0.2) is 4.79 Å². The largest absolute Gasteiger partial charge is 0.480 e. The Kier molecular flexibility index (Phi) is 12.7. The standard InChI is InChI=1S/C22H37N5O12/c1-8(21(34)35)25-14(30)6-5-12(18(24)32)26-19(33)9(2)27(11(4)29)20-15(23)17(38-10(3)22(36)37)16(31)13(7-28)39-20/h8-10,12-13,15-17,20,28,31H,5-7,23H2,1-4H3,(H2,24,32)(H,25,30)(H,26,33)(H,34,35)(H,36,37)/t8-,9+,10+,12+,13+,15+,16+,17+,20?/m0/s1. The van der Waals surface area contributed by atoms with Crippen LogP contribution in [0.25, 0.3) is 0 Å². The molecular weight excluding hydrogens is 526 g/mol. The lowest BCUT2D eigenvalue weighted by molar-refractivity contribution is -0.245. The maximum atomic E-state index is 13.0. The van der Waals surface area contributed by atoms with E-state index < -0.39 is 97.0 Å². The Morgan fingerprint density at radius 1 is 1.05 bits per heavy atom. The second-order valence-electron chi connectivity index (χ2n) is 9.13. The van der Waals surface area contributed by atoms with Crippen LogP contribution in [0.2, 0.25) is 0 Å². The van der Waals surface area contributed by atoms with Gasteiger partial charge in [-0.15, -0.1) is 0 Å². The predicted octanol–water partition coefficient (Wildman–Crippen LogP) is -4.17. The Hall–Kier alpha value is -3.38. The van der Waals surface area contributed by atoms with Crippen molar-refractivity contribution < 1.29 is 58.7 Å². The van der Waals surface area contributed by atoms with E-state index >= 15 is 0 Å². The first kappa shape index (κ1) is 33.6. The molecule has 4 amide bonds. The molecule has 17 nitrogen and oxygen atoms in total. The summed E-state index contributed by atoms with van der Waals surface area (Å²) in [5.41, 5.74) is 11.5. The molecule has 9 atom stereocenters. The number of carbonyl (C=O) groups excluding carboxylic acids is 4. The van der Waals surface area contributed by atoms with Crippen LogP contribution in [0.15, 0.2) is 0 Å². The summed E-state index contributed by atoms with van der Waals surface area (Å²) >= 11 is 0. The zero-order chi connectivity index (χ0) is 30.2. The first-order valence-electron chi connectivity index (χ1n) is 12.0. The Bertz CT molecular complexity index is 933. The molecule has 222 valence electrons. The zero-order valence-corrected chi connectivity index (χ0v) is 22.0. The van der Waals surface area contributed by atoms with Crippen LogP contribution < -0.4 is 22.1 Å². The number of nitrogens with zero attached hydrogens (tertiary/aromatic N) is 1. The molecule has 0 aromatic heterocycles. The second-order valence-corrected chi connectivity index (χ2v) is 9.13. The minimum atomic E-state index is -1.57. The van der Waals surface area contributed by atoms with Crippen molar-refractivity contribution in [1.29, 1.82) is 0 Å². The molecule has 0 aliphatic carbocycles. The van der Waals surface area contributed by atoms with E-state index in [0.29, 0.717) is 0 Å². The number of hydrogen-bond acceptors (Lipinski definition) is 11. The van der Waals surface area contributed by atoms with Crippen molar-refractivity contribution in [2.24, 2.45) is 11.5 Å². The highest BCUT2D eigenvalue weighted by Crippen LogP contribution is 2.27. The number of aliphatic hydroxyl groups excluding tert-OH is 2. The fourth-order valence-corrected chi connectivity index (χ4v) is 3.85. The number of rotatable bonds is 14. The van der Waals surface area contributed by atoms with Gasteiger partial charge in [0.2, 0.25) is 23.6 Å². The summed E-state index contributed by atoms with van der Waals surface area (Å²) in [6.45, 7) is 4.01. The molecular formula is C22H37N5O12. The molecule has 10 N–H and O–H groups in total. The molecule has 0 spiro atoms. The summed E-state index contributed by atoms with van der Waals surface area (Å²) in [4.78, 5) is 72.5. The molecule has 1 aliphatic rings. The van der Waals surface area contributed by atoms with Gasteiger partial charge in [-0.3, -0.25) is 24.0 Å². The van der Waals surface area contributed by atoms with Crippen molar-refractivity contribution in [2.45, 2.75) is 95.3 Å². The molecule has 0 bridgehead atoms. The van der Waals surface area contributed by atoms with Gasteiger partial charge in [0, 0.05) is 13.3 Å². The summed E-state index contributed by atoms with van der Waals surface area (Å²) in [6.07, 6.45) is -7.90. The van der Waals surface area contributed by atoms with Gasteiger partial charge in [0.25, 0.3) is 0 Å². The number of carboxylic acids is 2. The van der Waals surface area contributed by atoms with Crippen molar-refractivity contribution in [3.63, 3.8) is 0 Å². The fraction of sp³-hybridized carbons (Fsp3) is 0.727. The van der Waals surface area contributed by atoms with Gasteiger partial charge in [0.1, 0.15) is 36.4 Å². The van der Waals surface area contributed by atoms with Gasteiger partial charge >= 0.3 is 11.9 Å². The molecule has 17 heteroatoms. The molecule has 1 aliphatic heterocycles. The Labute approximate surface area is 223 Å². The van der Waals surface area contributed by atoms with Gasteiger partial charge in [-0.05, 0) is 27.2 Å². The fourth-order valence-electron chi connectivity index (χ4n) is 3.85. The summed E-state index contributed by atoms with van der Waals surface area (Å²) < 4.78 is 11.0. The topological polar surface area (TPSA) is 281 Å². The van der Waals surface area contributed by atoms with Crippen LogP contribution in [0.3, 0.4) is 0 Å². The average molecular weight is 564 g/mol. The molecule has 0 aromatic rings. The Morgan fingerprint density at radius 3 is 2.10 bits per heavy atom. The van der Waals surface area contributed by atoms with Gasteiger partial charge in [0.05, 0.1) is 12.6 Å². The lowest BCUT2D eigenvalue weighted by atomic mass is 9.94. The maximum Gasteiger partial charge on any atom is 0.332 e. The highest BCUT2D eigenvalue weighted by Gasteiger charge is 2.49. The minimum absolute atomic E-state index is 0.284. The van der Waals surface area contributed by atoms with E-state index in [1.54, 1.807) is 0 Å². The number of amides is 4. The minimum Gasteiger partial charge on any atom is -0.480 e. The number of ether oxygens (including phenoxy) is 2. The number of hydrogen-bond donors (Lipinski definition) is 8. The zero-order valence-electron chi connectivity index (χ0n) is 22.0. The van der Waals surface area contributed by atoms with Crippen LogP contribution in [-0.2, 0) is 38.2 Å². The van der Waals surface area contributed by atoms with E-state index in [1.165, 1.54) is 20.8 Å². The first-order chi connectivity index (χ1) is 18.0. The van der Waals surface area contributed by atoms with Crippen molar-refractivity contribution in [3.05, 3.63) is 0 Å². The van der Waals surface area contributed by atoms with Crippen molar-refractivity contribution in [3.8, 4) is 0 Å². The Balaban J connectivity index is 3.09. The SMILES string of the molecule is CC(=O)N(C1O[C@H](CO)[C@@H](O)[C@H](O[C@H](C)C(=O)O)[C@H]1N)[C@H](C)C(=O)N[C@H](CCC(=O)N[C@@H](C)C(=O)O)C(N)=O. The normalized spacial score (nSPS) is 25.9. The van der Waals surface area contributed by atoms with Crippen LogP contribution in [0.5, 0.6) is 0 Å². The van der Waals surface area contributed by atoms with E-state index in [-0.39, 0.29) is 12.8 Å². The van der Waals surface area contributed by atoms with Crippen LogP contribution in [-0.4, -0.2) is 122 Å². The first-order valence-corrected chi connectivity index (χ1v) is 12.0. The van der Waals surface area contributed by atoms with Crippen LogP contribution in [0.1, 0.15) is 40.5 Å². The van der Waals surface area contributed by atoms with Crippen LogP contribution in [0.4, 0.5) is 0 Å². The molecule has 1 heterocycles. The van der Waals surface area contributed by atoms with Gasteiger partial charge in [0.15, 0.2) is 12.3 Å². The quantitative estimate of drug-likeness (QED) is 0.0996. The maximum absolute atomic E-state index is 13.0. The molecule has 1 saturated heterocycles. The molecule has 0 aromatic carbocycles. The second kappa shape index (κ2) is 14.7. The van der Waals surface area contributed by atoms with Crippen LogP contribution >= 0.6 is 0 Å². The number of aliphatic carboxylic acids is 2. The van der Waals surface area contributed by atoms with E-state index in [4.69, 9.17) is 26.0 Å². The smallest absolute Gasteiger partial charge is 0.332 e. The molecule has 0 radical (unpaired) electrons. The van der Waals surface area contributed by atoms with Gasteiger partial charge in [-0.1, -0.05) is 0 Å². The van der Waals surface area contributed by atoms with Gasteiger partial charge < -0.3 is 56.9 Å². The number of aliphatic hydroxyl groups is 2. The molecule has 0 saturated carbocycles. The summed E-state index contributed by atoms with van der Waals surface area (Å²) in [5, 5.41) is 42.7. The third-order valence-electron chi connectivity index (χ3n) is 6.13. The molecule has 1 unspecified atom stereocenters. The van der Waals surface area contributed by atoms with E-state index in [1.807, 2.05) is 0 Å². The van der Waals surface area contributed by atoms with Crippen molar-refractivity contribution in [1.82, 2.24) is 15.5 Å². The number of nitrogens with two attached hydrogens (primary N) is 2. The number of primary amides is 1. The third-order valence-corrected chi connectivity index (χ3v) is 6.13. The van der Waals surface area contributed by atoms with E-state index in [9.17, 15) is 44.1 Å². The van der Waals surface area contributed by atoms with E-state index in [0.717, 1.165) is 11.8 Å². The summed E-state index contributed by atoms with van der Waals surface area (Å²) in [6, 6.07) is -5.32. The predicted molar refractivity (Wildman–Crippen MR) is 129 cm³/mol. The number of carboxylic acid groups (broad SMARTS) is 2. The monoisotopic (exact) mass is 563 g/mol. The molecule has 1 rings (SSSR count). The van der Waals surface area contributed by atoms with Crippen molar-refractivity contribution >= 4 is 35.6 Å².